The summed E-state index contributed by atoms with van der Waals surface area (Å²) in [6.45, 7) is 0.228. The molecule has 9 heteroatoms. The zero-order valence-corrected chi connectivity index (χ0v) is 14.2. The molecule has 0 aliphatic carbocycles. The lowest BCUT2D eigenvalue weighted by molar-refractivity contribution is 0.0947. The van der Waals surface area contributed by atoms with Crippen LogP contribution in [0.25, 0.3) is 16.6 Å². The lowest BCUT2D eigenvalue weighted by atomic mass is 10.2. The molecule has 0 aliphatic rings. The number of benzene rings is 2. The highest BCUT2D eigenvalue weighted by atomic mass is 19.1. The Labute approximate surface area is 151 Å². The van der Waals surface area contributed by atoms with Crippen LogP contribution in [0.4, 0.5) is 4.39 Å². The molecule has 2 aromatic heterocycles. The number of carbonyl (C=O) groups excluding carboxylic acids is 1. The van der Waals surface area contributed by atoms with Gasteiger partial charge in [0.15, 0.2) is 11.2 Å². The van der Waals surface area contributed by atoms with Crippen molar-refractivity contribution in [3.8, 4) is 5.75 Å². The zero-order valence-electron chi connectivity index (χ0n) is 14.2. The molecule has 0 saturated heterocycles. The molecule has 27 heavy (non-hydrogen) atoms. The molecule has 8 nitrogen and oxygen atoms in total. The Hall–Kier alpha value is -3.75. The number of fused-ring (bicyclic) bond motifs is 3. The van der Waals surface area contributed by atoms with Gasteiger partial charge in [-0.2, -0.15) is 0 Å². The fourth-order valence-corrected chi connectivity index (χ4v) is 2.83. The van der Waals surface area contributed by atoms with Gasteiger partial charge in [0.2, 0.25) is 0 Å². The van der Waals surface area contributed by atoms with E-state index in [4.69, 9.17) is 4.74 Å². The van der Waals surface area contributed by atoms with E-state index in [9.17, 15) is 14.0 Å². The number of nitrogens with one attached hydrogen (secondary N) is 2. The van der Waals surface area contributed by atoms with E-state index in [0.717, 1.165) is 5.56 Å². The summed E-state index contributed by atoms with van der Waals surface area (Å²) in [6.07, 6.45) is 0. The van der Waals surface area contributed by atoms with Crippen LogP contribution in [-0.2, 0) is 6.54 Å². The second kappa shape index (κ2) is 6.52. The molecule has 0 unspecified atom stereocenters. The Balaban J connectivity index is 1.68. The van der Waals surface area contributed by atoms with Gasteiger partial charge in [0.1, 0.15) is 11.6 Å². The topological polar surface area (TPSA) is 101 Å². The standard InChI is InChI=1S/C18H14FN5O3/c1-27-12-4-2-3-10(7-12)9-20-17(25)15-16-18(26)21-13-8-11(19)5-6-14(13)24(16)23-22-15/h2-8H,9H2,1H3,(H,20,25)(H,21,26). The predicted molar refractivity (Wildman–Crippen MR) is 95.2 cm³/mol. The highest BCUT2D eigenvalue weighted by molar-refractivity contribution is 5.99. The van der Waals surface area contributed by atoms with Crippen LogP contribution in [0.5, 0.6) is 5.75 Å². The van der Waals surface area contributed by atoms with Crippen LogP contribution in [0.15, 0.2) is 47.3 Å². The summed E-state index contributed by atoms with van der Waals surface area (Å²) in [7, 11) is 1.56. The Morgan fingerprint density at radius 3 is 2.96 bits per heavy atom. The number of carbonyl (C=O) groups is 1. The van der Waals surface area contributed by atoms with Crippen LogP contribution in [0.1, 0.15) is 16.1 Å². The molecule has 2 N–H and O–H groups in total. The molecule has 0 saturated carbocycles. The highest BCUT2D eigenvalue weighted by Crippen LogP contribution is 2.15. The highest BCUT2D eigenvalue weighted by Gasteiger charge is 2.19. The summed E-state index contributed by atoms with van der Waals surface area (Å²) in [4.78, 5) is 27.4. The van der Waals surface area contributed by atoms with Crippen LogP contribution in [0.3, 0.4) is 0 Å². The number of amides is 1. The first kappa shape index (κ1) is 16.7. The third kappa shape index (κ3) is 2.99. The van der Waals surface area contributed by atoms with E-state index in [2.05, 4.69) is 20.6 Å². The molecule has 0 atom stereocenters. The number of H-pyrrole nitrogens is 1. The van der Waals surface area contributed by atoms with Crippen molar-refractivity contribution in [1.82, 2.24) is 25.1 Å². The van der Waals surface area contributed by atoms with E-state index >= 15 is 0 Å². The third-order valence-electron chi connectivity index (χ3n) is 4.12. The molecule has 136 valence electrons. The molecule has 0 spiro atoms. The molecule has 1 amide bonds. The maximum Gasteiger partial charge on any atom is 0.277 e. The molecule has 4 aromatic rings. The minimum Gasteiger partial charge on any atom is -0.497 e. The number of ether oxygens (including phenoxy) is 1. The van der Waals surface area contributed by atoms with E-state index in [1.165, 1.54) is 22.7 Å². The monoisotopic (exact) mass is 367 g/mol. The van der Waals surface area contributed by atoms with Gasteiger partial charge in [-0.05, 0) is 35.9 Å². The number of aromatic nitrogens is 4. The van der Waals surface area contributed by atoms with Gasteiger partial charge in [-0.1, -0.05) is 17.3 Å². The molecule has 0 fully saturated rings. The number of rotatable bonds is 4. The average molecular weight is 367 g/mol. The normalized spacial score (nSPS) is 11.0. The van der Waals surface area contributed by atoms with E-state index < -0.39 is 17.3 Å². The molecule has 0 radical (unpaired) electrons. The van der Waals surface area contributed by atoms with Crippen molar-refractivity contribution in [2.75, 3.05) is 7.11 Å². The average Bonchev–Trinajstić information content (AvgIpc) is 3.12. The predicted octanol–water partition coefficient (Wildman–Crippen LogP) is 1.65. The van der Waals surface area contributed by atoms with Gasteiger partial charge in [-0.25, -0.2) is 8.91 Å². The molecule has 2 aromatic carbocycles. The zero-order chi connectivity index (χ0) is 19.0. The minimum absolute atomic E-state index is 0.00255. The maximum absolute atomic E-state index is 13.4. The van der Waals surface area contributed by atoms with Crippen molar-refractivity contribution in [2.45, 2.75) is 6.54 Å². The van der Waals surface area contributed by atoms with Crippen molar-refractivity contribution >= 4 is 22.5 Å². The smallest absolute Gasteiger partial charge is 0.277 e. The fraction of sp³-hybridized carbons (Fsp3) is 0.111. The first-order valence-electron chi connectivity index (χ1n) is 8.05. The van der Waals surface area contributed by atoms with Crippen molar-refractivity contribution in [3.63, 3.8) is 0 Å². The largest absolute Gasteiger partial charge is 0.497 e. The number of aromatic amines is 1. The summed E-state index contributed by atoms with van der Waals surface area (Å²) in [6, 6.07) is 11.1. The van der Waals surface area contributed by atoms with Gasteiger partial charge in [0.25, 0.3) is 11.5 Å². The van der Waals surface area contributed by atoms with Gasteiger partial charge in [-0.15, -0.1) is 5.10 Å². The Bertz CT molecular complexity index is 1230. The number of halogens is 1. The van der Waals surface area contributed by atoms with Gasteiger partial charge < -0.3 is 15.0 Å². The summed E-state index contributed by atoms with van der Waals surface area (Å²) in [5.41, 5.74) is 0.840. The third-order valence-corrected chi connectivity index (χ3v) is 4.12. The molecule has 0 bridgehead atoms. The Morgan fingerprint density at radius 2 is 2.15 bits per heavy atom. The lowest BCUT2D eigenvalue weighted by Crippen LogP contribution is -2.25. The van der Waals surface area contributed by atoms with Crippen molar-refractivity contribution in [1.29, 1.82) is 0 Å². The van der Waals surface area contributed by atoms with Gasteiger partial charge >= 0.3 is 0 Å². The van der Waals surface area contributed by atoms with E-state index in [0.29, 0.717) is 11.3 Å². The van der Waals surface area contributed by atoms with Crippen molar-refractivity contribution in [3.05, 3.63) is 69.9 Å². The summed E-state index contributed by atoms with van der Waals surface area (Å²) < 4.78 is 19.8. The van der Waals surface area contributed by atoms with E-state index in [1.807, 2.05) is 12.1 Å². The van der Waals surface area contributed by atoms with Crippen LogP contribution < -0.4 is 15.6 Å². The molecular formula is C18H14FN5O3. The van der Waals surface area contributed by atoms with Crippen molar-refractivity contribution in [2.24, 2.45) is 0 Å². The van der Waals surface area contributed by atoms with Crippen LogP contribution >= 0.6 is 0 Å². The SMILES string of the molecule is COc1cccc(CNC(=O)c2nnn3c2c(=O)[nH]c2cc(F)ccc23)c1. The van der Waals surface area contributed by atoms with E-state index in [-0.39, 0.29) is 23.3 Å². The molecule has 0 aliphatic heterocycles. The summed E-state index contributed by atoms with van der Waals surface area (Å²) in [5, 5.41) is 10.4. The van der Waals surface area contributed by atoms with E-state index in [1.54, 1.807) is 19.2 Å². The number of methoxy groups -OCH3 is 1. The minimum atomic E-state index is -0.579. The summed E-state index contributed by atoms with van der Waals surface area (Å²) in [5.74, 6) is -0.361. The second-order valence-electron chi connectivity index (χ2n) is 5.85. The van der Waals surface area contributed by atoms with Crippen LogP contribution in [-0.4, -0.2) is 32.8 Å². The Kier molecular flexibility index (Phi) is 4.03. The number of hydrogen-bond acceptors (Lipinski definition) is 5. The molecular weight excluding hydrogens is 353 g/mol. The van der Waals surface area contributed by atoms with Crippen LogP contribution in [0, 0.1) is 5.82 Å². The van der Waals surface area contributed by atoms with Gasteiger partial charge in [0, 0.05) is 6.54 Å². The maximum atomic E-state index is 13.4. The Morgan fingerprint density at radius 1 is 1.30 bits per heavy atom. The van der Waals surface area contributed by atoms with Crippen molar-refractivity contribution < 1.29 is 13.9 Å². The molecule has 2 heterocycles. The number of hydrogen-bond donors (Lipinski definition) is 2. The second-order valence-corrected chi connectivity index (χ2v) is 5.85. The quantitative estimate of drug-likeness (QED) is 0.571. The summed E-state index contributed by atoms with van der Waals surface area (Å²) >= 11 is 0. The van der Waals surface area contributed by atoms with Gasteiger partial charge in [0.05, 0.1) is 18.1 Å². The number of nitrogens with zero attached hydrogens (tertiary/aromatic N) is 3. The fourth-order valence-electron chi connectivity index (χ4n) is 2.83. The van der Waals surface area contributed by atoms with Crippen LogP contribution in [0.2, 0.25) is 0 Å². The molecule has 4 rings (SSSR count). The first-order chi connectivity index (χ1) is 13.1. The van der Waals surface area contributed by atoms with Gasteiger partial charge in [-0.3, -0.25) is 9.59 Å². The first-order valence-corrected chi connectivity index (χ1v) is 8.05. The lowest BCUT2D eigenvalue weighted by Gasteiger charge is -2.06.